The number of amides is 2. The van der Waals surface area contributed by atoms with Crippen molar-refractivity contribution < 1.29 is 28.7 Å². The Bertz CT molecular complexity index is 546. The fourth-order valence-electron chi connectivity index (χ4n) is 2.23. The molecule has 26 heavy (non-hydrogen) atoms. The lowest BCUT2D eigenvalue weighted by Gasteiger charge is -2.33. The minimum atomic E-state index is -0.568. The minimum Gasteiger partial charge on any atom is -0.462 e. The lowest BCUT2D eigenvalue weighted by molar-refractivity contribution is -0.156. The van der Waals surface area contributed by atoms with E-state index in [-0.39, 0.29) is 13.2 Å². The van der Waals surface area contributed by atoms with Crippen LogP contribution >= 0.6 is 0 Å². The topological polar surface area (TPSA) is 93.2 Å². The number of piperazine rings is 1. The Labute approximate surface area is 153 Å². The third-order valence-electron chi connectivity index (χ3n) is 3.71. The maximum absolute atomic E-state index is 12.1. The predicted molar refractivity (Wildman–Crippen MR) is 93.9 cm³/mol. The summed E-state index contributed by atoms with van der Waals surface area (Å²) >= 11 is 0. The molecule has 0 unspecified atom stereocenters. The standard InChI is InChI=1S/C18H26N2O6/c1-13(2)17(23)25-11-5-7-19-9-10-20(16(22)15(19)21)8-6-12-26-18(24)14(3)4/h1,3,5-12H2,2,4H3. The van der Waals surface area contributed by atoms with E-state index in [1.54, 1.807) is 13.8 Å². The maximum Gasteiger partial charge on any atom is 0.333 e. The lowest BCUT2D eigenvalue weighted by atomic mass is 10.2. The summed E-state index contributed by atoms with van der Waals surface area (Å²) in [4.78, 5) is 49.7. The van der Waals surface area contributed by atoms with E-state index in [0.717, 1.165) is 0 Å². The van der Waals surface area contributed by atoms with Crippen LogP contribution in [0.4, 0.5) is 0 Å². The van der Waals surface area contributed by atoms with Crippen LogP contribution in [0.5, 0.6) is 0 Å². The zero-order valence-electron chi connectivity index (χ0n) is 15.4. The van der Waals surface area contributed by atoms with Gasteiger partial charge in [0, 0.05) is 37.3 Å². The first-order valence-electron chi connectivity index (χ1n) is 8.47. The van der Waals surface area contributed by atoms with Gasteiger partial charge < -0.3 is 19.3 Å². The monoisotopic (exact) mass is 366 g/mol. The van der Waals surface area contributed by atoms with E-state index >= 15 is 0 Å². The highest BCUT2D eigenvalue weighted by Crippen LogP contribution is 2.07. The van der Waals surface area contributed by atoms with E-state index in [1.807, 2.05) is 0 Å². The summed E-state index contributed by atoms with van der Waals surface area (Å²) in [5, 5.41) is 0. The molecular weight excluding hydrogens is 340 g/mol. The van der Waals surface area contributed by atoms with Gasteiger partial charge in [0.2, 0.25) is 0 Å². The second kappa shape index (κ2) is 10.4. The van der Waals surface area contributed by atoms with Crippen LogP contribution in [-0.4, -0.2) is 72.9 Å². The van der Waals surface area contributed by atoms with Crippen molar-refractivity contribution in [2.75, 3.05) is 39.4 Å². The summed E-state index contributed by atoms with van der Waals surface area (Å²) in [5.41, 5.74) is 0.637. The van der Waals surface area contributed by atoms with Crippen molar-refractivity contribution in [3.8, 4) is 0 Å². The Hall–Kier alpha value is -2.64. The molecule has 8 heteroatoms. The van der Waals surface area contributed by atoms with E-state index in [2.05, 4.69) is 13.2 Å². The van der Waals surface area contributed by atoms with Crippen molar-refractivity contribution in [3.63, 3.8) is 0 Å². The van der Waals surface area contributed by atoms with Gasteiger partial charge in [-0.2, -0.15) is 0 Å². The molecule has 1 aliphatic rings. The molecular formula is C18H26N2O6. The van der Waals surface area contributed by atoms with E-state index in [4.69, 9.17) is 9.47 Å². The van der Waals surface area contributed by atoms with Crippen molar-refractivity contribution >= 4 is 23.8 Å². The second-order valence-corrected chi connectivity index (χ2v) is 6.12. The molecule has 2 amide bonds. The Morgan fingerprint density at radius 2 is 1.19 bits per heavy atom. The third kappa shape index (κ3) is 6.70. The quantitative estimate of drug-likeness (QED) is 0.244. The van der Waals surface area contributed by atoms with E-state index in [0.29, 0.717) is 50.2 Å². The molecule has 0 aliphatic carbocycles. The highest BCUT2D eigenvalue weighted by Gasteiger charge is 2.31. The van der Waals surface area contributed by atoms with Gasteiger partial charge in [0.05, 0.1) is 13.2 Å². The van der Waals surface area contributed by atoms with Gasteiger partial charge in [-0.05, 0) is 26.7 Å². The predicted octanol–water partition coefficient (Wildman–Crippen LogP) is 0.676. The van der Waals surface area contributed by atoms with Gasteiger partial charge in [-0.15, -0.1) is 0 Å². The van der Waals surface area contributed by atoms with E-state index < -0.39 is 23.8 Å². The zero-order chi connectivity index (χ0) is 19.7. The number of nitrogens with zero attached hydrogens (tertiary/aromatic N) is 2. The molecule has 0 atom stereocenters. The maximum atomic E-state index is 12.1. The Morgan fingerprint density at radius 1 is 0.846 bits per heavy atom. The number of ether oxygens (including phenoxy) is 2. The summed E-state index contributed by atoms with van der Waals surface area (Å²) < 4.78 is 9.92. The highest BCUT2D eigenvalue weighted by molar-refractivity contribution is 6.35. The van der Waals surface area contributed by atoms with Crippen molar-refractivity contribution in [3.05, 3.63) is 24.3 Å². The molecule has 1 rings (SSSR count). The smallest absolute Gasteiger partial charge is 0.333 e. The number of hydrogen-bond donors (Lipinski definition) is 0. The Balaban J connectivity index is 2.29. The van der Waals surface area contributed by atoms with Crippen molar-refractivity contribution in [2.24, 2.45) is 0 Å². The highest BCUT2D eigenvalue weighted by atomic mass is 16.5. The number of carbonyl (C=O) groups excluding carboxylic acids is 4. The molecule has 1 heterocycles. The number of hydrogen-bond acceptors (Lipinski definition) is 6. The molecule has 1 aliphatic heterocycles. The van der Waals surface area contributed by atoms with Crippen LogP contribution in [0.1, 0.15) is 26.7 Å². The van der Waals surface area contributed by atoms with Crippen LogP contribution in [0.3, 0.4) is 0 Å². The van der Waals surface area contributed by atoms with E-state index in [9.17, 15) is 19.2 Å². The number of esters is 2. The van der Waals surface area contributed by atoms with Crippen LogP contribution in [0, 0.1) is 0 Å². The largest absolute Gasteiger partial charge is 0.462 e. The summed E-state index contributed by atoms with van der Waals surface area (Å²) in [6.07, 6.45) is 0.907. The summed E-state index contributed by atoms with van der Waals surface area (Å²) in [6.45, 7) is 11.9. The summed E-state index contributed by atoms with van der Waals surface area (Å²) in [7, 11) is 0. The molecule has 1 saturated heterocycles. The molecule has 8 nitrogen and oxygen atoms in total. The van der Waals surface area contributed by atoms with Crippen LogP contribution < -0.4 is 0 Å². The molecule has 0 saturated carbocycles. The van der Waals surface area contributed by atoms with Gasteiger partial charge in [-0.25, -0.2) is 9.59 Å². The first-order chi connectivity index (χ1) is 12.2. The van der Waals surface area contributed by atoms with Gasteiger partial charge in [0.25, 0.3) is 0 Å². The fourth-order valence-corrected chi connectivity index (χ4v) is 2.23. The van der Waals surface area contributed by atoms with Crippen molar-refractivity contribution in [2.45, 2.75) is 26.7 Å². The Morgan fingerprint density at radius 3 is 1.50 bits per heavy atom. The van der Waals surface area contributed by atoms with Gasteiger partial charge >= 0.3 is 23.8 Å². The molecule has 0 bridgehead atoms. The Kier molecular flexibility index (Phi) is 8.54. The normalized spacial score (nSPS) is 14.2. The van der Waals surface area contributed by atoms with Crippen molar-refractivity contribution in [1.29, 1.82) is 0 Å². The number of rotatable bonds is 10. The van der Waals surface area contributed by atoms with Crippen molar-refractivity contribution in [1.82, 2.24) is 9.80 Å². The van der Waals surface area contributed by atoms with Gasteiger partial charge in [-0.3, -0.25) is 9.59 Å². The number of carbonyl (C=O) groups is 4. The molecule has 1 fully saturated rings. The first-order valence-corrected chi connectivity index (χ1v) is 8.47. The van der Waals surface area contributed by atoms with Crippen LogP contribution in [-0.2, 0) is 28.7 Å². The lowest BCUT2D eigenvalue weighted by Crippen LogP contribution is -2.54. The van der Waals surface area contributed by atoms with Crippen LogP contribution in [0.2, 0.25) is 0 Å². The molecule has 0 spiro atoms. The van der Waals surface area contributed by atoms with Gasteiger partial charge in [0.15, 0.2) is 0 Å². The SMILES string of the molecule is C=C(C)C(=O)OCCCN1CCN(CCCOC(=O)C(=C)C)C(=O)C1=O. The molecule has 0 aromatic rings. The van der Waals surface area contributed by atoms with Gasteiger partial charge in [0.1, 0.15) is 0 Å². The third-order valence-corrected chi connectivity index (χ3v) is 3.71. The molecule has 0 N–H and O–H groups in total. The summed E-state index contributed by atoms with van der Waals surface area (Å²) in [5.74, 6) is -2.07. The van der Waals surface area contributed by atoms with Gasteiger partial charge in [-0.1, -0.05) is 13.2 Å². The molecule has 0 radical (unpaired) electrons. The molecule has 0 aromatic carbocycles. The molecule has 0 aromatic heterocycles. The molecule has 144 valence electrons. The average molecular weight is 366 g/mol. The van der Waals surface area contributed by atoms with Crippen LogP contribution in [0.25, 0.3) is 0 Å². The fraction of sp³-hybridized carbons (Fsp3) is 0.556. The van der Waals surface area contributed by atoms with E-state index in [1.165, 1.54) is 9.80 Å². The summed E-state index contributed by atoms with van der Waals surface area (Å²) in [6, 6.07) is 0. The first kappa shape index (κ1) is 21.4. The average Bonchev–Trinajstić information content (AvgIpc) is 2.59. The minimum absolute atomic E-state index is 0.168. The van der Waals surface area contributed by atoms with Crippen LogP contribution in [0.15, 0.2) is 24.3 Å². The zero-order valence-corrected chi connectivity index (χ0v) is 15.4. The second-order valence-electron chi connectivity index (χ2n) is 6.12.